The first kappa shape index (κ1) is 20.2. The predicted octanol–water partition coefficient (Wildman–Crippen LogP) is 3.79. The Bertz CT molecular complexity index is 619. The Kier molecular flexibility index (Phi) is 9.11. The molecule has 7 heteroatoms. The first-order valence-corrected chi connectivity index (χ1v) is 9.39. The summed E-state index contributed by atoms with van der Waals surface area (Å²) in [6.07, 6.45) is 9.65. The molecule has 0 aliphatic carbocycles. The van der Waals surface area contributed by atoms with Crippen LogP contribution < -0.4 is 4.18 Å². The van der Waals surface area contributed by atoms with Gasteiger partial charge in [0.25, 0.3) is 0 Å². The molecule has 0 unspecified atom stereocenters. The molecule has 0 radical (unpaired) electrons. The van der Waals surface area contributed by atoms with Gasteiger partial charge in [-0.3, -0.25) is 4.55 Å². The topological polar surface area (TPSA) is 89.9 Å². The maximum atomic E-state index is 11.6. The van der Waals surface area contributed by atoms with E-state index in [0.717, 1.165) is 12.8 Å². The van der Waals surface area contributed by atoms with Crippen LogP contribution in [0.25, 0.3) is 6.08 Å². The van der Waals surface area contributed by atoms with Crippen molar-refractivity contribution in [1.29, 1.82) is 0 Å². The molecule has 1 aromatic rings. The van der Waals surface area contributed by atoms with E-state index in [-0.39, 0.29) is 5.75 Å². The Morgan fingerprint density at radius 2 is 1.71 bits per heavy atom. The van der Waals surface area contributed by atoms with Crippen LogP contribution in [0.2, 0.25) is 0 Å². The molecule has 0 amide bonds. The standard InChI is InChI=1S/C17H24O6S/c1-2-3-4-5-6-7-14-22-17(18)13-10-15-8-11-16(12-9-15)23-24(19,20)21/h8-13H,2-7,14H2,1H3,(H,19,20,21). The third kappa shape index (κ3) is 10.0. The van der Waals surface area contributed by atoms with E-state index in [1.165, 1.54) is 43.9 Å². The van der Waals surface area contributed by atoms with Crippen molar-refractivity contribution in [3.63, 3.8) is 0 Å². The second-order valence-corrected chi connectivity index (χ2v) is 6.37. The van der Waals surface area contributed by atoms with E-state index in [2.05, 4.69) is 11.1 Å². The van der Waals surface area contributed by atoms with Gasteiger partial charge < -0.3 is 8.92 Å². The highest BCUT2D eigenvalue weighted by molar-refractivity contribution is 7.81. The van der Waals surface area contributed by atoms with Crippen LogP contribution in [0.1, 0.15) is 51.0 Å². The van der Waals surface area contributed by atoms with Crippen molar-refractivity contribution in [2.45, 2.75) is 45.4 Å². The van der Waals surface area contributed by atoms with E-state index in [4.69, 9.17) is 9.29 Å². The highest BCUT2D eigenvalue weighted by Crippen LogP contribution is 2.14. The Balaban J connectivity index is 2.28. The third-order valence-corrected chi connectivity index (χ3v) is 3.64. The second kappa shape index (κ2) is 10.8. The third-order valence-electron chi connectivity index (χ3n) is 3.24. The number of hydrogen-bond acceptors (Lipinski definition) is 5. The molecule has 24 heavy (non-hydrogen) atoms. The van der Waals surface area contributed by atoms with Gasteiger partial charge in [-0.25, -0.2) is 4.79 Å². The summed E-state index contributed by atoms with van der Waals surface area (Å²) in [5, 5.41) is 0. The van der Waals surface area contributed by atoms with Gasteiger partial charge in [0, 0.05) is 6.08 Å². The Hall–Kier alpha value is -1.86. The van der Waals surface area contributed by atoms with Gasteiger partial charge in [-0.2, -0.15) is 8.42 Å². The summed E-state index contributed by atoms with van der Waals surface area (Å²) in [7, 11) is -4.53. The first-order chi connectivity index (χ1) is 11.4. The molecule has 0 saturated heterocycles. The number of unbranched alkanes of at least 4 members (excludes halogenated alkanes) is 5. The van der Waals surface area contributed by atoms with E-state index in [0.29, 0.717) is 12.2 Å². The lowest BCUT2D eigenvalue weighted by Gasteiger charge is -2.02. The molecule has 0 spiro atoms. The van der Waals surface area contributed by atoms with Crippen LogP contribution in [0.3, 0.4) is 0 Å². The van der Waals surface area contributed by atoms with Crippen LogP contribution in [0.5, 0.6) is 5.75 Å². The molecular formula is C17H24O6S. The SMILES string of the molecule is CCCCCCCCOC(=O)C=Cc1ccc(OS(=O)(=O)O)cc1. The van der Waals surface area contributed by atoms with E-state index < -0.39 is 16.4 Å². The van der Waals surface area contributed by atoms with Crippen LogP contribution in [0, 0.1) is 0 Å². The van der Waals surface area contributed by atoms with Crippen LogP contribution in [-0.2, 0) is 19.9 Å². The number of carbonyl (C=O) groups is 1. The van der Waals surface area contributed by atoms with Crippen molar-refractivity contribution >= 4 is 22.4 Å². The van der Waals surface area contributed by atoms with Crippen molar-refractivity contribution in [2.24, 2.45) is 0 Å². The maximum absolute atomic E-state index is 11.6. The van der Waals surface area contributed by atoms with Crippen LogP contribution >= 0.6 is 0 Å². The van der Waals surface area contributed by atoms with Gasteiger partial charge in [-0.05, 0) is 30.2 Å². The van der Waals surface area contributed by atoms with E-state index >= 15 is 0 Å². The van der Waals surface area contributed by atoms with E-state index in [1.807, 2.05) is 0 Å². The van der Waals surface area contributed by atoms with Crippen LogP contribution in [-0.4, -0.2) is 25.5 Å². The molecule has 6 nitrogen and oxygen atoms in total. The largest absolute Gasteiger partial charge is 0.463 e. The fourth-order valence-electron chi connectivity index (χ4n) is 2.02. The lowest BCUT2D eigenvalue weighted by molar-refractivity contribution is -0.137. The number of benzene rings is 1. The van der Waals surface area contributed by atoms with Gasteiger partial charge in [0.05, 0.1) is 6.61 Å². The summed E-state index contributed by atoms with van der Waals surface area (Å²) in [6, 6.07) is 5.85. The van der Waals surface area contributed by atoms with Gasteiger partial charge in [0.15, 0.2) is 0 Å². The molecule has 0 bridgehead atoms. The first-order valence-electron chi connectivity index (χ1n) is 8.02. The summed E-state index contributed by atoms with van der Waals surface area (Å²) in [5.41, 5.74) is 0.675. The maximum Gasteiger partial charge on any atom is 0.446 e. The van der Waals surface area contributed by atoms with Crippen molar-refractivity contribution in [1.82, 2.24) is 0 Å². The highest BCUT2D eigenvalue weighted by atomic mass is 32.3. The molecule has 1 N–H and O–H groups in total. The lowest BCUT2D eigenvalue weighted by Crippen LogP contribution is -2.06. The van der Waals surface area contributed by atoms with Gasteiger partial charge >= 0.3 is 16.4 Å². The van der Waals surface area contributed by atoms with Crippen molar-refractivity contribution in [2.75, 3.05) is 6.61 Å². The van der Waals surface area contributed by atoms with Crippen LogP contribution in [0.15, 0.2) is 30.3 Å². The average molecular weight is 356 g/mol. The van der Waals surface area contributed by atoms with Crippen molar-refractivity contribution in [3.8, 4) is 5.75 Å². The molecule has 0 heterocycles. The molecule has 134 valence electrons. The summed E-state index contributed by atoms with van der Waals surface area (Å²) in [4.78, 5) is 11.6. The molecule has 0 aliphatic heterocycles. The Labute approximate surface area is 143 Å². The smallest absolute Gasteiger partial charge is 0.446 e. The molecule has 0 atom stereocenters. The minimum absolute atomic E-state index is 0.0136. The van der Waals surface area contributed by atoms with Crippen molar-refractivity contribution < 1.29 is 26.7 Å². The Morgan fingerprint density at radius 1 is 1.08 bits per heavy atom. The fraction of sp³-hybridized carbons (Fsp3) is 0.471. The highest BCUT2D eigenvalue weighted by Gasteiger charge is 2.05. The second-order valence-electron chi connectivity index (χ2n) is 5.35. The minimum atomic E-state index is -4.53. The van der Waals surface area contributed by atoms with Gasteiger partial charge in [-0.1, -0.05) is 51.2 Å². The molecule has 1 aromatic carbocycles. The zero-order valence-electron chi connectivity index (χ0n) is 13.8. The number of esters is 1. The average Bonchev–Trinajstić information content (AvgIpc) is 2.52. The van der Waals surface area contributed by atoms with Crippen molar-refractivity contribution in [3.05, 3.63) is 35.9 Å². The quantitative estimate of drug-likeness (QED) is 0.281. The fourth-order valence-corrected chi connectivity index (χ4v) is 2.38. The molecule has 0 fully saturated rings. The number of carbonyl (C=O) groups excluding carboxylic acids is 1. The van der Waals surface area contributed by atoms with Gasteiger partial charge in [0.2, 0.25) is 0 Å². The monoisotopic (exact) mass is 356 g/mol. The number of rotatable bonds is 11. The molecule has 1 rings (SSSR count). The minimum Gasteiger partial charge on any atom is -0.463 e. The summed E-state index contributed by atoms with van der Waals surface area (Å²) < 4.78 is 39.1. The van der Waals surface area contributed by atoms with E-state index in [9.17, 15) is 13.2 Å². The summed E-state index contributed by atoms with van der Waals surface area (Å²) in [5.74, 6) is -0.429. The summed E-state index contributed by atoms with van der Waals surface area (Å²) >= 11 is 0. The zero-order chi connectivity index (χ0) is 17.8. The van der Waals surface area contributed by atoms with Crippen LogP contribution in [0.4, 0.5) is 0 Å². The summed E-state index contributed by atoms with van der Waals surface area (Å²) in [6.45, 7) is 2.58. The molecule has 0 saturated carbocycles. The van der Waals surface area contributed by atoms with Gasteiger partial charge in [-0.15, -0.1) is 0 Å². The molecule has 0 aromatic heterocycles. The Morgan fingerprint density at radius 3 is 2.33 bits per heavy atom. The van der Waals surface area contributed by atoms with Gasteiger partial charge in [0.1, 0.15) is 5.75 Å². The zero-order valence-corrected chi connectivity index (χ0v) is 14.6. The number of hydrogen-bond donors (Lipinski definition) is 1. The molecule has 0 aliphatic rings. The van der Waals surface area contributed by atoms with E-state index in [1.54, 1.807) is 18.2 Å². The predicted molar refractivity (Wildman–Crippen MR) is 92.0 cm³/mol. The number of ether oxygens (including phenoxy) is 1. The molecular weight excluding hydrogens is 332 g/mol. The normalized spacial score (nSPS) is 11.6. The lowest BCUT2D eigenvalue weighted by atomic mass is 10.1.